The number of aldehydes is 1. The molecule has 0 radical (unpaired) electrons. The second-order valence-electron chi connectivity index (χ2n) is 4.78. The quantitative estimate of drug-likeness (QED) is 0.789. The lowest BCUT2D eigenvalue weighted by Gasteiger charge is -2.38. The maximum Gasteiger partial charge on any atom is 0.153 e. The van der Waals surface area contributed by atoms with Gasteiger partial charge < -0.3 is 9.64 Å². The Morgan fingerprint density at radius 1 is 1.50 bits per heavy atom. The second-order valence-corrected chi connectivity index (χ2v) is 5.18. The number of benzene rings is 1. The van der Waals surface area contributed by atoms with Gasteiger partial charge in [-0.1, -0.05) is 24.6 Å². The molecule has 1 heterocycles. The van der Waals surface area contributed by atoms with Crippen molar-refractivity contribution in [1.82, 2.24) is 0 Å². The van der Waals surface area contributed by atoms with Crippen molar-refractivity contribution in [3.05, 3.63) is 28.8 Å². The van der Waals surface area contributed by atoms with Crippen LogP contribution in [0.5, 0.6) is 0 Å². The summed E-state index contributed by atoms with van der Waals surface area (Å²) in [4.78, 5) is 13.3. The van der Waals surface area contributed by atoms with Crippen LogP contribution in [0.4, 0.5) is 5.69 Å². The summed E-state index contributed by atoms with van der Waals surface area (Å²) < 4.78 is 5.50. The number of ether oxygens (including phenoxy) is 1. The molecule has 0 amide bonds. The Bertz CT molecular complexity index is 436. The molecule has 18 heavy (non-hydrogen) atoms. The highest BCUT2D eigenvalue weighted by atomic mass is 35.5. The molecule has 1 aliphatic heterocycles. The molecule has 1 aromatic rings. The Labute approximate surface area is 113 Å². The summed E-state index contributed by atoms with van der Waals surface area (Å²) in [6.07, 6.45) is 2.10. The lowest BCUT2D eigenvalue weighted by Crippen LogP contribution is -2.44. The number of nitrogens with zero attached hydrogens (tertiary/aromatic N) is 1. The molecular weight excluding hydrogens is 250 g/mol. The van der Waals surface area contributed by atoms with Gasteiger partial charge in [0, 0.05) is 25.9 Å². The van der Waals surface area contributed by atoms with Gasteiger partial charge in [-0.25, -0.2) is 0 Å². The lowest BCUT2D eigenvalue weighted by atomic mass is 9.95. The molecule has 0 bridgehead atoms. The van der Waals surface area contributed by atoms with E-state index >= 15 is 0 Å². The van der Waals surface area contributed by atoms with Crippen LogP contribution < -0.4 is 4.90 Å². The Kier molecular flexibility index (Phi) is 4.25. The fourth-order valence-corrected chi connectivity index (χ4v) is 2.69. The number of halogens is 1. The summed E-state index contributed by atoms with van der Waals surface area (Å²) in [5.41, 5.74) is 1.48. The molecule has 1 saturated heterocycles. The van der Waals surface area contributed by atoms with Crippen LogP contribution >= 0.6 is 11.6 Å². The smallest absolute Gasteiger partial charge is 0.153 e. The highest BCUT2D eigenvalue weighted by molar-refractivity contribution is 6.33. The van der Waals surface area contributed by atoms with E-state index in [1.807, 2.05) is 12.1 Å². The van der Waals surface area contributed by atoms with E-state index in [0.29, 0.717) is 16.5 Å². The van der Waals surface area contributed by atoms with Crippen LogP contribution in [0, 0.1) is 5.92 Å². The van der Waals surface area contributed by atoms with E-state index in [4.69, 9.17) is 16.3 Å². The minimum atomic E-state index is 0.206. The zero-order valence-corrected chi connectivity index (χ0v) is 11.5. The first-order valence-electron chi connectivity index (χ1n) is 6.18. The van der Waals surface area contributed by atoms with E-state index in [1.54, 1.807) is 13.2 Å². The third-order valence-corrected chi connectivity index (χ3v) is 4.01. The first-order valence-corrected chi connectivity index (χ1v) is 6.56. The molecule has 98 valence electrons. The molecule has 2 atom stereocenters. The van der Waals surface area contributed by atoms with Crippen molar-refractivity contribution in [1.29, 1.82) is 0 Å². The number of anilines is 1. The van der Waals surface area contributed by atoms with Gasteiger partial charge in [0.1, 0.15) is 0 Å². The second kappa shape index (κ2) is 5.72. The lowest BCUT2D eigenvalue weighted by molar-refractivity contribution is 0.0498. The van der Waals surface area contributed by atoms with Gasteiger partial charge in [0.2, 0.25) is 0 Å². The van der Waals surface area contributed by atoms with Crippen LogP contribution in [0.1, 0.15) is 23.7 Å². The van der Waals surface area contributed by atoms with Gasteiger partial charge in [-0.2, -0.15) is 0 Å². The Morgan fingerprint density at radius 2 is 2.28 bits per heavy atom. The molecule has 1 aliphatic rings. The number of carbonyl (C=O) groups excluding carboxylic acids is 1. The van der Waals surface area contributed by atoms with Crippen LogP contribution in [-0.4, -0.2) is 32.6 Å². The highest BCUT2D eigenvalue weighted by Crippen LogP contribution is 2.30. The topological polar surface area (TPSA) is 29.5 Å². The van der Waals surface area contributed by atoms with Gasteiger partial charge in [0.05, 0.1) is 16.7 Å². The fourth-order valence-electron chi connectivity index (χ4n) is 2.48. The standard InChI is InChI=1S/C14H18ClNO2/c1-10-6-7-16(8-14(10)18-2)13-5-3-4-12(15)11(13)9-17/h3-5,9-10,14H,6-8H2,1-2H3. The summed E-state index contributed by atoms with van der Waals surface area (Å²) in [6.45, 7) is 3.94. The van der Waals surface area contributed by atoms with E-state index in [2.05, 4.69) is 11.8 Å². The normalized spacial score (nSPS) is 24.1. The molecule has 2 rings (SSSR count). The average molecular weight is 268 g/mol. The van der Waals surface area contributed by atoms with Crippen LogP contribution in [-0.2, 0) is 4.74 Å². The third-order valence-electron chi connectivity index (χ3n) is 3.68. The number of piperidine rings is 1. The van der Waals surface area contributed by atoms with Gasteiger partial charge in [-0.3, -0.25) is 4.79 Å². The first-order chi connectivity index (χ1) is 8.67. The van der Waals surface area contributed by atoms with E-state index in [0.717, 1.165) is 31.5 Å². The maximum absolute atomic E-state index is 11.2. The number of methoxy groups -OCH3 is 1. The molecule has 0 spiro atoms. The summed E-state index contributed by atoms with van der Waals surface area (Å²) in [5, 5.41) is 0.509. The largest absolute Gasteiger partial charge is 0.379 e. The molecule has 1 fully saturated rings. The Morgan fingerprint density at radius 3 is 2.94 bits per heavy atom. The number of carbonyl (C=O) groups is 1. The summed E-state index contributed by atoms with van der Waals surface area (Å²) in [7, 11) is 1.74. The molecule has 0 aromatic heterocycles. The fraction of sp³-hybridized carbons (Fsp3) is 0.500. The van der Waals surface area contributed by atoms with Crippen LogP contribution in [0.15, 0.2) is 18.2 Å². The molecule has 0 aliphatic carbocycles. The molecular formula is C14H18ClNO2. The van der Waals surface area contributed by atoms with Crippen LogP contribution in [0.2, 0.25) is 5.02 Å². The summed E-state index contributed by atoms with van der Waals surface area (Å²) in [6, 6.07) is 5.57. The van der Waals surface area contributed by atoms with Crippen molar-refractivity contribution in [3.8, 4) is 0 Å². The van der Waals surface area contributed by atoms with E-state index in [1.165, 1.54) is 0 Å². The zero-order valence-electron chi connectivity index (χ0n) is 10.7. The van der Waals surface area contributed by atoms with Gasteiger partial charge in [0.25, 0.3) is 0 Å². The zero-order chi connectivity index (χ0) is 13.1. The SMILES string of the molecule is COC1CN(c2cccc(Cl)c2C=O)CCC1C. The molecule has 0 saturated carbocycles. The molecule has 4 heteroatoms. The van der Waals surface area contributed by atoms with E-state index in [9.17, 15) is 4.79 Å². The molecule has 3 nitrogen and oxygen atoms in total. The van der Waals surface area contributed by atoms with E-state index in [-0.39, 0.29) is 6.10 Å². The minimum Gasteiger partial charge on any atom is -0.379 e. The third kappa shape index (κ3) is 2.52. The van der Waals surface area contributed by atoms with Crippen LogP contribution in [0.3, 0.4) is 0 Å². The highest BCUT2D eigenvalue weighted by Gasteiger charge is 2.27. The molecule has 1 aromatic carbocycles. The number of hydrogen-bond donors (Lipinski definition) is 0. The number of hydrogen-bond acceptors (Lipinski definition) is 3. The van der Waals surface area contributed by atoms with Gasteiger partial charge in [0.15, 0.2) is 6.29 Å². The monoisotopic (exact) mass is 267 g/mol. The van der Waals surface area contributed by atoms with Crippen molar-refractivity contribution >= 4 is 23.6 Å². The average Bonchev–Trinajstić information content (AvgIpc) is 2.39. The van der Waals surface area contributed by atoms with Crippen LogP contribution in [0.25, 0.3) is 0 Å². The molecule has 2 unspecified atom stereocenters. The van der Waals surface area contributed by atoms with Crippen molar-refractivity contribution < 1.29 is 9.53 Å². The van der Waals surface area contributed by atoms with Crippen molar-refractivity contribution in [3.63, 3.8) is 0 Å². The minimum absolute atomic E-state index is 0.206. The van der Waals surface area contributed by atoms with Crippen molar-refractivity contribution in [2.45, 2.75) is 19.4 Å². The van der Waals surface area contributed by atoms with E-state index < -0.39 is 0 Å². The Balaban J connectivity index is 2.27. The Hall–Kier alpha value is -1.06. The predicted octanol–water partition coefficient (Wildman–Crippen LogP) is 3.01. The van der Waals surface area contributed by atoms with Gasteiger partial charge in [-0.15, -0.1) is 0 Å². The first kappa shape index (κ1) is 13.4. The van der Waals surface area contributed by atoms with Crippen molar-refractivity contribution in [2.75, 3.05) is 25.1 Å². The summed E-state index contributed by atoms with van der Waals surface area (Å²) in [5.74, 6) is 0.546. The molecule has 0 N–H and O–H groups in total. The van der Waals surface area contributed by atoms with Gasteiger partial charge >= 0.3 is 0 Å². The van der Waals surface area contributed by atoms with Crippen molar-refractivity contribution in [2.24, 2.45) is 5.92 Å². The summed E-state index contributed by atoms with van der Waals surface area (Å²) >= 11 is 6.06. The maximum atomic E-state index is 11.2. The number of rotatable bonds is 3. The van der Waals surface area contributed by atoms with Gasteiger partial charge in [-0.05, 0) is 24.5 Å². The predicted molar refractivity (Wildman–Crippen MR) is 73.6 cm³/mol.